The van der Waals surface area contributed by atoms with Gasteiger partial charge in [0.15, 0.2) is 11.6 Å². The molecule has 7 heteroatoms. The number of rotatable bonds is 2. The molecule has 2 heterocycles. The number of halogens is 3. The number of hydrogen-bond acceptors (Lipinski definition) is 3. The molecule has 0 saturated carbocycles. The zero-order chi connectivity index (χ0) is 15.1. The van der Waals surface area contributed by atoms with E-state index in [9.17, 15) is 8.78 Å². The Balaban J connectivity index is 2.18. The van der Waals surface area contributed by atoms with Gasteiger partial charge in [0.25, 0.3) is 0 Å². The molecule has 21 heavy (non-hydrogen) atoms. The fraction of sp³-hybridized carbons (Fsp3) is 0.500. The van der Waals surface area contributed by atoms with Crippen LogP contribution in [0.15, 0.2) is 12.1 Å². The summed E-state index contributed by atoms with van der Waals surface area (Å²) in [6, 6.07) is 2.59. The van der Waals surface area contributed by atoms with Gasteiger partial charge in [-0.2, -0.15) is 0 Å². The zero-order valence-corrected chi connectivity index (χ0v) is 12.7. The van der Waals surface area contributed by atoms with Gasteiger partial charge in [0.2, 0.25) is 0 Å². The SMILES string of the molecule is CC(Cl)c1nc2ccc(F)c(F)c2n1N1CCN(C)CC1. The molecule has 0 N–H and O–H groups in total. The Hall–Kier alpha value is -1.40. The molecule has 1 aromatic heterocycles. The minimum Gasteiger partial charge on any atom is -0.308 e. The molecular weight excluding hydrogens is 298 g/mol. The summed E-state index contributed by atoms with van der Waals surface area (Å²) < 4.78 is 29.5. The van der Waals surface area contributed by atoms with Crippen molar-refractivity contribution >= 4 is 22.6 Å². The highest BCUT2D eigenvalue weighted by Crippen LogP contribution is 2.28. The highest BCUT2D eigenvalue weighted by atomic mass is 35.5. The molecule has 114 valence electrons. The average molecular weight is 315 g/mol. The maximum Gasteiger partial charge on any atom is 0.186 e. The average Bonchev–Trinajstić information content (AvgIpc) is 2.84. The Kier molecular flexibility index (Phi) is 3.75. The largest absolute Gasteiger partial charge is 0.308 e. The summed E-state index contributed by atoms with van der Waals surface area (Å²) in [6.07, 6.45) is 0. The molecule has 1 aromatic carbocycles. The Morgan fingerprint density at radius 3 is 2.48 bits per heavy atom. The monoisotopic (exact) mass is 314 g/mol. The highest BCUT2D eigenvalue weighted by Gasteiger charge is 2.25. The quantitative estimate of drug-likeness (QED) is 0.796. The number of imidazole rings is 1. The summed E-state index contributed by atoms with van der Waals surface area (Å²) >= 11 is 6.18. The molecule has 3 rings (SSSR count). The van der Waals surface area contributed by atoms with Crippen LogP contribution in [0.1, 0.15) is 18.1 Å². The fourth-order valence-corrected chi connectivity index (χ4v) is 2.79. The Morgan fingerprint density at radius 2 is 1.86 bits per heavy atom. The van der Waals surface area contributed by atoms with Crippen molar-refractivity contribution in [2.45, 2.75) is 12.3 Å². The van der Waals surface area contributed by atoms with Gasteiger partial charge in [0.1, 0.15) is 11.3 Å². The smallest absolute Gasteiger partial charge is 0.186 e. The molecule has 2 aromatic rings. The van der Waals surface area contributed by atoms with Crippen LogP contribution in [0.3, 0.4) is 0 Å². The van der Waals surface area contributed by atoms with Crippen LogP contribution in [-0.4, -0.2) is 47.8 Å². The van der Waals surface area contributed by atoms with Crippen LogP contribution in [0.5, 0.6) is 0 Å². The molecular formula is C14H17ClF2N4. The number of likely N-dealkylation sites (N-methyl/N-ethyl adjacent to an activating group) is 1. The minimum atomic E-state index is -0.873. The van der Waals surface area contributed by atoms with Crippen LogP contribution in [0.2, 0.25) is 0 Å². The number of nitrogens with zero attached hydrogens (tertiary/aromatic N) is 4. The Morgan fingerprint density at radius 1 is 1.19 bits per heavy atom. The third kappa shape index (κ3) is 2.46. The topological polar surface area (TPSA) is 24.3 Å². The van der Waals surface area contributed by atoms with Crippen molar-refractivity contribution in [3.63, 3.8) is 0 Å². The number of piperazine rings is 1. The van der Waals surface area contributed by atoms with E-state index < -0.39 is 11.6 Å². The lowest BCUT2D eigenvalue weighted by atomic mass is 10.3. The van der Waals surface area contributed by atoms with E-state index in [1.807, 2.05) is 12.1 Å². The summed E-state index contributed by atoms with van der Waals surface area (Å²) in [6.45, 7) is 4.92. The lowest BCUT2D eigenvalue weighted by molar-refractivity contribution is 0.287. The van der Waals surface area contributed by atoms with Crippen LogP contribution in [0.4, 0.5) is 8.78 Å². The second kappa shape index (κ2) is 5.42. The first kappa shape index (κ1) is 14.5. The summed E-state index contributed by atoms with van der Waals surface area (Å²) in [5.41, 5.74) is 0.595. The molecule has 1 aliphatic rings. The molecule has 1 saturated heterocycles. The predicted molar refractivity (Wildman–Crippen MR) is 79.4 cm³/mol. The minimum absolute atomic E-state index is 0.169. The van der Waals surface area contributed by atoms with Gasteiger partial charge < -0.3 is 9.91 Å². The highest BCUT2D eigenvalue weighted by molar-refractivity contribution is 6.20. The van der Waals surface area contributed by atoms with E-state index in [0.717, 1.165) is 19.2 Å². The number of alkyl halides is 1. The third-order valence-corrected chi connectivity index (χ3v) is 4.03. The van der Waals surface area contributed by atoms with E-state index in [4.69, 9.17) is 11.6 Å². The van der Waals surface area contributed by atoms with E-state index in [2.05, 4.69) is 9.88 Å². The van der Waals surface area contributed by atoms with Gasteiger partial charge in [-0.15, -0.1) is 11.6 Å². The maximum atomic E-state index is 14.3. The zero-order valence-electron chi connectivity index (χ0n) is 12.0. The molecule has 4 nitrogen and oxygen atoms in total. The van der Waals surface area contributed by atoms with E-state index >= 15 is 0 Å². The standard InChI is InChI=1S/C14H17ClF2N4/c1-9(15)14-18-11-4-3-10(16)12(17)13(11)21(14)20-7-5-19(2)6-8-20/h3-4,9H,5-8H2,1-2H3. The van der Waals surface area contributed by atoms with Crippen molar-refractivity contribution < 1.29 is 8.78 Å². The van der Waals surface area contributed by atoms with Crippen molar-refractivity contribution in [1.82, 2.24) is 14.6 Å². The summed E-state index contributed by atoms with van der Waals surface area (Å²) in [4.78, 5) is 6.57. The van der Waals surface area contributed by atoms with Crippen molar-refractivity contribution in [3.05, 3.63) is 29.6 Å². The first-order chi connectivity index (χ1) is 9.99. The van der Waals surface area contributed by atoms with Gasteiger partial charge in [-0.1, -0.05) is 0 Å². The van der Waals surface area contributed by atoms with Gasteiger partial charge in [-0.3, -0.25) is 0 Å². The second-order valence-electron chi connectivity index (χ2n) is 5.38. The molecule has 1 fully saturated rings. The lowest BCUT2D eigenvalue weighted by Gasteiger charge is -2.35. The second-order valence-corrected chi connectivity index (χ2v) is 6.04. The molecule has 0 spiro atoms. The molecule has 0 bridgehead atoms. The van der Waals surface area contributed by atoms with Crippen LogP contribution in [-0.2, 0) is 0 Å². The van der Waals surface area contributed by atoms with Gasteiger partial charge in [0.05, 0.1) is 10.9 Å². The molecule has 0 radical (unpaired) electrons. The first-order valence-electron chi connectivity index (χ1n) is 6.93. The van der Waals surface area contributed by atoms with Crippen LogP contribution in [0, 0.1) is 11.6 Å². The van der Waals surface area contributed by atoms with E-state index in [0.29, 0.717) is 24.4 Å². The van der Waals surface area contributed by atoms with Crippen LogP contribution in [0.25, 0.3) is 11.0 Å². The first-order valence-corrected chi connectivity index (χ1v) is 7.37. The van der Waals surface area contributed by atoms with Gasteiger partial charge in [-0.25, -0.2) is 18.4 Å². The number of benzene rings is 1. The maximum absolute atomic E-state index is 14.3. The molecule has 0 amide bonds. The van der Waals surface area contributed by atoms with Crippen molar-refractivity contribution in [2.24, 2.45) is 0 Å². The van der Waals surface area contributed by atoms with E-state index in [1.165, 1.54) is 6.07 Å². The van der Waals surface area contributed by atoms with Gasteiger partial charge in [0, 0.05) is 26.2 Å². The number of hydrogen-bond donors (Lipinski definition) is 0. The van der Waals surface area contributed by atoms with E-state index in [1.54, 1.807) is 11.6 Å². The Labute approximate surface area is 126 Å². The molecule has 1 aliphatic heterocycles. The predicted octanol–water partition coefficient (Wildman–Crippen LogP) is 2.50. The number of fused-ring (bicyclic) bond motifs is 1. The van der Waals surface area contributed by atoms with Crippen molar-refractivity contribution in [3.8, 4) is 0 Å². The van der Waals surface area contributed by atoms with Crippen LogP contribution >= 0.6 is 11.6 Å². The number of aromatic nitrogens is 2. The van der Waals surface area contributed by atoms with Gasteiger partial charge in [-0.05, 0) is 26.1 Å². The molecule has 0 aliphatic carbocycles. The third-order valence-electron chi connectivity index (χ3n) is 3.83. The van der Waals surface area contributed by atoms with Crippen molar-refractivity contribution in [2.75, 3.05) is 38.2 Å². The van der Waals surface area contributed by atoms with Crippen LogP contribution < -0.4 is 5.01 Å². The lowest BCUT2D eigenvalue weighted by Crippen LogP contribution is -2.50. The molecule has 1 atom stereocenters. The van der Waals surface area contributed by atoms with Gasteiger partial charge >= 0.3 is 0 Å². The summed E-state index contributed by atoms with van der Waals surface area (Å²) in [5, 5.41) is 1.59. The fourth-order valence-electron chi connectivity index (χ4n) is 2.65. The normalized spacial score (nSPS) is 18.4. The van der Waals surface area contributed by atoms with Crippen molar-refractivity contribution in [1.29, 1.82) is 0 Å². The summed E-state index contributed by atoms with van der Waals surface area (Å²) in [7, 11) is 2.04. The molecule has 1 unspecified atom stereocenters. The van der Waals surface area contributed by atoms with E-state index in [-0.39, 0.29) is 10.9 Å². The summed E-state index contributed by atoms with van der Waals surface area (Å²) in [5.74, 6) is -1.20. The Bertz CT molecular complexity index is 663.